The van der Waals surface area contributed by atoms with Crippen LogP contribution in [0, 0.1) is 16.0 Å². The first kappa shape index (κ1) is 24.1. The van der Waals surface area contributed by atoms with Gasteiger partial charge in [-0.05, 0) is 31.0 Å². The molecule has 1 aliphatic rings. The molecule has 0 spiro atoms. The minimum Gasteiger partial charge on any atom is -0.493 e. The Kier molecular flexibility index (Phi) is 7.61. The van der Waals surface area contributed by atoms with Crippen LogP contribution in [0.4, 0.5) is 5.69 Å². The van der Waals surface area contributed by atoms with E-state index in [0.717, 1.165) is 0 Å². The van der Waals surface area contributed by atoms with E-state index >= 15 is 0 Å². The number of para-hydroxylation sites is 1. The lowest BCUT2D eigenvalue weighted by Gasteiger charge is -2.30. The van der Waals surface area contributed by atoms with Crippen molar-refractivity contribution in [3.8, 4) is 11.5 Å². The summed E-state index contributed by atoms with van der Waals surface area (Å²) in [5, 5.41) is 14.9. The van der Waals surface area contributed by atoms with E-state index in [4.69, 9.17) is 9.47 Å². The minimum absolute atomic E-state index is 0.0807. The van der Waals surface area contributed by atoms with Crippen molar-refractivity contribution in [2.45, 2.75) is 17.7 Å². The van der Waals surface area contributed by atoms with E-state index < -0.39 is 20.9 Å². The van der Waals surface area contributed by atoms with Gasteiger partial charge in [0.1, 0.15) is 0 Å². The summed E-state index contributed by atoms with van der Waals surface area (Å²) in [6.45, 7) is 0.339. The van der Waals surface area contributed by atoms with Gasteiger partial charge in [0, 0.05) is 31.1 Å². The van der Waals surface area contributed by atoms with Crippen molar-refractivity contribution in [3.63, 3.8) is 0 Å². The highest BCUT2D eigenvalue weighted by molar-refractivity contribution is 7.89. The second kappa shape index (κ2) is 10.4. The van der Waals surface area contributed by atoms with E-state index in [9.17, 15) is 23.3 Å². The van der Waals surface area contributed by atoms with E-state index in [1.165, 1.54) is 61.1 Å². The van der Waals surface area contributed by atoms with Crippen LogP contribution in [-0.4, -0.2) is 57.1 Å². The molecule has 33 heavy (non-hydrogen) atoms. The van der Waals surface area contributed by atoms with Crippen molar-refractivity contribution in [2.24, 2.45) is 11.0 Å². The Balaban J connectivity index is 1.60. The summed E-state index contributed by atoms with van der Waals surface area (Å²) >= 11 is 0. The van der Waals surface area contributed by atoms with Crippen molar-refractivity contribution in [1.82, 2.24) is 9.73 Å². The average molecular weight is 477 g/mol. The fourth-order valence-electron chi connectivity index (χ4n) is 3.50. The number of sulfonamides is 1. The molecule has 1 amide bonds. The lowest BCUT2D eigenvalue weighted by molar-refractivity contribution is -0.385. The lowest BCUT2D eigenvalue weighted by atomic mass is 9.98. The molecule has 176 valence electrons. The van der Waals surface area contributed by atoms with Gasteiger partial charge in [0.15, 0.2) is 11.5 Å². The number of nitrogens with one attached hydrogen (secondary N) is 1. The molecule has 0 radical (unpaired) electrons. The number of rotatable bonds is 8. The van der Waals surface area contributed by atoms with Crippen molar-refractivity contribution in [1.29, 1.82) is 0 Å². The van der Waals surface area contributed by atoms with Crippen LogP contribution in [0.1, 0.15) is 18.4 Å². The number of hydrogen-bond acceptors (Lipinski definition) is 8. The third kappa shape index (κ3) is 5.46. The largest absolute Gasteiger partial charge is 0.493 e. The third-order valence-electron chi connectivity index (χ3n) is 5.33. The van der Waals surface area contributed by atoms with Gasteiger partial charge in [0.2, 0.25) is 15.9 Å². The standard InChI is InChI=1S/C21H24N4O7S/c1-31-19-8-7-17(13-20(19)32-2)33(29,30)24-11-9-15(10-12-24)21(26)23-22-14-16-5-3-4-6-18(16)25(27)28/h3-8,13-15H,9-12H2,1-2H3,(H,23,26)/b22-14-. The van der Waals surface area contributed by atoms with Crippen LogP contribution in [0.25, 0.3) is 0 Å². The average Bonchev–Trinajstić information content (AvgIpc) is 2.83. The molecule has 1 fully saturated rings. The molecule has 11 nitrogen and oxygen atoms in total. The number of nitro groups is 1. The fraction of sp³-hybridized carbons (Fsp3) is 0.333. The van der Waals surface area contributed by atoms with Crippen molar-refractivity contribution < 1.29 is 27.6 Å². The Hall–Kier alpha value is -3.51. The maximum atomic E-state index is 13.0. The molecular weight excluding hydrogens is 452 g/mol. The predicted molar refractivity (Wildman–Crippen MR) is 120 cm³/mol. The van der Waals surface area contributed by atoms with Gasteiger partial charge in [-0.3, -0.25) is 14.9 Å². The summed E-state index contributed by atoms with van der Waals surface area (Å²) in [4.78, 5) is 23.0. The number of hydrogen-bond donors (Lipinski definition) is 1. The molecule has 1 heterocycles. The maximum absolute atomic E-state index is 13.0. The number of benzene rings is 2. The van der Waals surface area contributed by atoms with Crippen molar-refractivity contribution in [3.05, 3.63) is 58.1 Å². The monoisotopic (exact) mass is 476 g/mol. The molecule has 1 N–H and O–H groups in total. The Bertz CT molecular complexity index is 1160. The second-order valence-corrected chi connectivity index (χ2v) is 9.18. The van der Waals surface area contributed by atoms with Gasteiger partial charge < -0.3 is 9.47 Å². The zero-order valence-corrected chi connectivity index (χ0v) is 18.9. The Morgan fingerprint density at radius 3 is 2.45 bits per heavy atom. The van der Waals surface area contributed by atoms with Gasteiger partial charge in [-0.15, -0.1) is 0 Å². The van der Waals surface area contributed by atoms with Gasteiger partial charge in [-0.25, -0.2) is 13.8 Å². The first-order chi connectivity index (χ1) is 15.8. The first-order valence-electron chi connectivity index (χ1n) is 10.1. The van der Waals surface area contributed by atoms with Crippen LogP contribution >= 0.6 is 0 Å². The molecule has 12 heteroatoms. The van der Waals surface area contributed by atoms with Gasteiger partial charge in [-0.2, -0.15) is 9.41 Å². The number of nitrogens with zero attached hydrogens (tertiary/aromatic N) is 3. The SMILES string of the molecule is COc1ccc(S(=O)(=O)N2CCC(C(=O)N/N=C\c3ccccc3[N+](=O)[O-])CC2)cc1OC. The number of ether oxygens (including phenoxy) is 2. The molecule has 2 aromatic carbocycles. The van der Waals surface area contributed by atoms with Gasteiger partial charge in [0.05, 0.1) is 35.8 Å². The molecule has 0 aliphatic carbocycles. The number of carbonyl (C=O) groups is 1. The zero-order chi connectivity index (χ0) is 24.0. The number of methoxy groups -OCH3 is 2. The van der Waals surface area contributed by atoms with Gasteiger partial charge in [-0.1, -0.05) is 12.1 Å². The number of hydrazone groups is 1. The number of carbonyl (C=O) groups excluding carboxylic acids is 1. The minimum atomic E-state index is -3.76. The highest BCUT2D eigenvalue weighted by Crippen LogP contribution is 2.32. The summed E-state index contributed by atoms with van der Waals surface area (Å²) in [5.41, 5.74) is 2.53. The fourth-order valence-corrected chi connectivity index (χ4v) is 4.99. The number of nitro benzene ring substituents is 1. The molecule has 2 aromatic rings. The normalized spacial score (nSPS) is 15.3. The second-order valence-electron chi connectivity index (χ2n) is 7.25. The maximum Gasteiger partial charge on any atom is 0.278 e. The number of piperidine rings is 1. The van der Waals surface area contributed by atoms with Crippen LogP contribution in [0.2, 0.25) is 0 Å². The predicted octanol–water partition coefficient (Wildman–Crippen LogP) is 2.16. The summed E-state index contributed by atoms with van der Waals surface area (Å²) in [7, 11) is -0.869. The Labute approximate surface area is 191 Å². The molecule has 0 aromatic heterocycles. The molecular formula is C21H24N4O7S. The summed E-state index contributed by atoms with van der Waals surface area (Å²) in [5.74, 6) is -0.0599. The highest BCUT2D eigenvalue weighted by Gasteiger charge is 2.32. The Morgan fingerprint density at radius 2 is 1.82 bits per heavy atom. The summed E-state index contributed by atoms with van der Waals surface area (Å²) in [6.07, 6.45) is 1.85. The highest BCUT2D eigenvalue weighted by atomic mass is 32.2. The molecule has 0 unspecified atom stereocenters. The summed E-state index contributed by atoms with van der Waals surface area (Å²) in [6, 6.07) is 10.4. The first-order valence-corrected chi connectivity index (χ1v) is 11.5. The van der Waals surface area contributed by atoms with Crippen LogP contribution in [0.5, 0.6) is 11.5 Å². The number of amides is 1. The smallest absolute Gasteiger partial charge is 0.278 e. The zero-order valence-electron chi connectivity index (χ0n) is 18.1. The van der Waals surface area contributed by atoms with Gasteiger partial charge in [0.25, 0.3) is 5.69 Å². The quantitative estimate of drug-likeness (QED) is 0.350. The van der Waals surface area contributed by atoms with E-state index in [-0.39, 0.29) is 35.1 Å². The lowest BCUT2D eigenvalue weighted by Crippen LogP contribution is -2.42. The van der Waals surface area contributed by atoms with Crippen LogP contribution in [0.15, 0.2) is 52.5 Å². The van der Waals surface area contributed by atoms with Crippen LogP contribution in [-0.2, 0) is 14.8 Å². The van der Waals surface area contributed by atoms with E-state index in [1.807, 2.05) is 0 Å². The third-order valence-corrected chi connectivity index (χ3v) is 7.22. The molecule has 1 saturated heterocycles. The Morgan fingerprint density at radius 1 is 1.15 bits per heavy atom. The molecule has 3 rings (SSSR count). The van der Waals surface area contributed by atoms with Crippen LogP contribution in [0.3, 0.4) is 0 Å². The van der Waals surface area contributed by atoms with Crippen molar-refractivity contribution >= 4 is 27.8 Å². The molecule has 0 saturated carbocycles. The molecule has 0 bridgehead atoms. The van der Waals surface area contributed by atoms with E-state index in [2.05, 4.69) is 10.5 Å². The molecule has 1 aliphatic heterocycles. The molecule has 0 atom stereocenters. The topological polar surface area (TPSA) is 140 Å². The van der Waals surface area contributed by atoms with Gasteiger partial charge >= 0.3 is 0 Å². The van der Waals surface area contributed by atoms with E-state index in [1.54, 1.807) is 6.07 Å². The van der Waals surface area contributed by atoms with Crippen molar-refractivity contribution in [2.75, 3.05) is 27.3 Å². The van der Waals surface area contributed by atoms with E-state index in [0.29, 0.717) is 24.3 Å². The summed E-state index contributed by atoms with van der Waals surface area (Å²) < 4.78 is 37.7. The van der Waals surface area contributed by atoms with Crippen LogP contribution < -0.4 is 14.9 Å².